The monoisotopic (exact) mass is 350 g/mol. The molecule has 1 fully saturated rings. The van der Waals surface area contributed by atoms with E-state index in [0.717, 1.165) is 30.9 Å². The first-order valence-corrected chi connectivity index (χ1v) is 8.99. The first kappa shape index (κ1) is 16.7. The predicted molar refractivity (Wildman–Crippen MR) is 98.5 cm³/mol. The van der Waals surface area contributed by atoms with E-state index in [1.807, 2.05) is 41.4 Å². The fourth-order valence-electron chi connectivity index (χ4n) is 3.73. The van der Waals surface area contributed by atoms with Crippen LogP contribution >= 0.6 is 0 Å². The number of benzene rings is 1. The molecule has 0 bridgehead atoms. The van der Waals surface area contributed by atoms with Gasteiger partial charge in [-0.2, -0.15) is 0 Å². The molecule has 134 valence electrons. The van der Waals surface area contributed by atoms with Crippen LogP contribution in [0.4, 0.5) is 5.69 Å². The predicted octanol–water partition coefficient (Wildman–Crippen LogP) is 1.85. The minimum atomic E-state index is -0.371. The lowest BCUT2D eigenvalue weighted by Crippen LogP contribution is -2.50. The van der Waals surface area contributed by atoms with E-state index in [-0.39, 0.29) is 24.2 Å². The molecule has 1 aromatic carbocycles. The van der Waals surface area contributed by atoms with E-state index in [4.69, 9.17) is 0 Å². The number of fused-ring (bicyclic) bond motifs is 1. The average Bonchev–Trinajstić information content (AvgIpc) is 2.68. The normalized spacial score (nSPS) is 20.4. The van der Waals surface area contributed by atoms with Crippen LogP contribution in [0.15, 0.2) is 48.8 Å². The van der Waals surface area contributed by atoms with Crippen molar-refractivity contribution in [3.63, 3.8) is 0 Å². The van der Waals surface area contributed by atoms with Crippen LogP contribution in [-0.2, 0) is 16.1 Å². The number of rotatable bonds is 3. The number of para-hydroxylation sites is 1. The molecule has 2 amide bonds. The molecule has 0 spiro atoms. The minimum absolute atomic E-state index is 0.0633. The van der Waals surface area contributed by atoms with Gasteiger partial charge in [0.2, 0.25) is 11.8 Å². The summed E-state index contributed by atoms with van der Waals surface area (Å²) in [6, 6.07) is 11.6. The highest BCUT2D eigenvalue weighted by molar-refractivity contribution is 6.01. The van der Waals surface area contributed by atoms with Gasteiger partial charge in [-0.05, 0) is 23.3 Å². The molecular weight excluding hydrogens is 328 g/mol. The van der Waals surface area contributed by atoms with E-state index < -0.39 is 0 Å². The highest BCUT2D eigenvalue weighted by Crippen LogP contribution is 2.33. The lowest BCUT2D eigenvalue weighted by molar-refractivity contribution is -0.136. The van der Waals surface area contributed by atoms with Gasteiger partial charge < -0.3 is 10.2 Å². The van der Waals surface area contributed by atoms with Crippen LogP contribution in [0.2, 0.25) is 0 Å². The van der Waals surface area contributed by atoms with Crippen LogP contribution in [-0.4, -0.2) is 52.8 Å². The van der Waals surface area contributed by atoms with Crippen LogP contribution in [0.1, 0.15) is 23.5 Å². The van der Waals surface area contributed by atoms with E-state index in [0.29, 0.717) is 13.1 Å². The van der Waals surface area contributed by atoms with Crippen molar-refractivity contribution in [3.8, 4) is 0 Å². The Kier molecular flexibility index (Phi) is 4.67. The largest absolute Gasteiger partial charge is 0.340 e. The van der Waals surface area contributed by atoms with E-state index in [1.54, 1.807) is 6.20 Å². The zero-order valence-corrected chi connectivity index (χ0v) is 14.6. The van der Waals surface area contributed by atoms with E-state index in [9.17, 15) is 9.59 Å². The fourth-order valence-corrected chi connectivity index (χ4v) is 3.73. The Labute approximate surface area is 152 Å². The molecule has 1 aromatic heterocycles. The summed E-state index contributed by atoms with van der Waals surface area (Å²) in [6.07, 6.45) is 3.89. The zero-order chi connectivity index (χ0) is 17.9. The van der Waals surface area contributed by atoms with Crippen LogP contribution < -0.4 is 5.32 Å². The summed E-state index contributed by atoms with van der Waals surface area (Å²) in [4.78, 5) is 33.4. The van der Waals surface area contributed by atoms with Crippen molar-refractivity contribution in [1.29, 1.82) is 0 Å². The number of nitrogens with one attached hydrogen (secondary N) is 1. The molecule has 0 aliphatic carbocycles. The van der Waals surface area contributed by atoms with Crippen LogP contribution in [0, 0.1) is 0 Å². The molecule has 2 aliphatic heterocycles. The maximum Gasteiger partial charge on any atom is 0.230 e. The molecule has 3 heterocycles. The second kappa shape index (κ2) is 7.25. The lowest BCUT2D eigenvalue weighted by atomic mass is 9.89. The van der Waals surface area contributed by atoms with Crippen molar-refractivity contribution < 1.29 is 9.59 Å². The second-order valence-corrected chi connectivity index (χ2v) is 6.85. The van der Waals surface area contributed by atoms with Crippen molar-refractivity contribution in [2.45, 2.75) is 18.9 Å². The first-order valence-electron chi connectivity index (χ1n) is 8.99. The molecule has 0 saturated carbocycles. The van der Waals surface area contributed by atoms with Gasteiger partial charge in [0.1, 0.15) is 0 Å². The Bertz CT molecular complexity index is 800. The van der Waals surface area contributed by atoms with E-state index >= 15 is 0 Å². The number of anilines is 1. The fraction of sp³-hybridized carbons (Fsp3) is 0.350. The quantitative estimate of drug-likeness (QED) is 0.918. The van der Waals surface area contributed by atoms with Crippen molar-refractivity contribution >= 4 is 17.5 Å². The molecule has 4 rings (SSSR count). The topological polar surface area (TPSA) is 65.5 Å². The van der Waals surface area contributed by atoms with Gasteiger partial charge in [0.05, 0.1) is 5.92 Å². The summed E-state index contributed by atoms with van der Waals surface area (Å²) in [7, 11) is 0. The van der Waals surface area contributed by atoms with Crippen molar-refractivity contribution in [1.82, 2.24) is 14.8 Å². The summed E-state index contributed by atoms with van der Waals surface area (Å²) >= 11 is 0. The van der Waals surface area contributed by atoms with Crippen LogP contribution in [0.5, 0.6) is 0 Å². The summed E-state index contributed by atoms with van der Waals surface area (Å²) in [5.41, 5.74) is 2.87. The average molecular weight is 350 g/mol. The molecule has 2 aliphatic rings. The van der Waals surface area contributed by atoms with Gasteiger partial charge >= 0.3 is 0 Å². The molecule has 2 aromatic rings. The highest BCUT2D eigenvalue weighted by atomic mass is 16.2. The number of carbonyl (C=O) groups is 2. The van der Waals surface area contributed by atoms with Gasteiger partial charge in [-0.3, -0.25) is 19.5 Å². The van der Waals surface area contributed by atoms with Gasteiger partial charge in [0.25, 0.3) is 0 Å². The maximum atomic E-state index is 13.0. The maximum absolute atomic E-state index is 13.0. The summed E-state index contributed by atoms with van der Waals surface area (Å²) in [5, 5.41) is 2.86. The molecule has 6 nitrogen and oxygen atoms in total. The Morgan fingerprint density at radius 3 is 2.69 bits per heavy atom. The minimum Gasteiger partial charge on any atom is -0.340 e. The zero-order valence-electron chi connectivity index (χ0n) is 14.6. The van der Waals surface area contributed by atoms with Gasteiger partial charge in [0.15, 0.2) is 0 Å². The number of piperazine rings is 1. The van der Waals surface area contributed by atoms with Crippen LogP contribution in [0.25, 0.3) is 0 Å². The number of hydrogen-bond donors (Lipinski definition) is 1. The van der Waals surface area contributed by atoms with Crippen LogP contribution in [0.3, 0.4) is 0 Å². The molecule has 0 radical (unpaired) electrons. The van der Waals surface area contributed by atoms with Gasteiger partial charge in [-0.15, -0.1) is 0 Å². The molecule has 1 saturated heterocycles. The number of pyridine rings is 1. The smallest absolute Gasteiger partial charge is 0.230 e. The molecule has 1 atom stereocenters. The molecule has 1 unspecified atom stereocenters. The number of nitrogens with zero attached hydrogens (tertiary/aromatic N) is 3. The SMILES string of the molecule is O=C1CC(C(=O)N2CCN(Cc3cccnc3)CC2)c2ccccc2N1. The van der Waals surface area contributed by atoms with Crippen molar-refractivity contribution in [2.75, 3.05) is 31.5 Å². The standard InChI is InChI=1S/C20H22N4O2/c25-19-12-17(16-5-1-2-6-18(16)22-19)20(26)24-10-8-23(9-11-24)14-15-4-3-7-21-13-15/h1-7,13,17H,8-12,14H2,(H,22,25). The summed E-state index contributed by atoms with van der Waals surface area (Å²) in [6.45, 7) is 3.91. The third-order valence-corrected chi connectivity index (χ3v) is 5.11. The van der Waals surface area contributed by atoms with Crippen molar-refractivity contribution in [3.05, 3.63) is 59.9 Å². The Balaban J connectivity index is 1.40. The van der Waals surface area contributed by atoms with Gasteiger partial charge in [-0.25, -0.2) is 0 Å². The van der Waals surface area contributed by atoms with E-state index in [2.05, 4.69) is 21.3 Å². The van der Waals surface area contributed by atoms with E-state index in [1.165, 1.54) is 5.56 Å². The third kappa shape index (κ3) is 3.46. The van der Waals surface area contributed by atoms with Gasteiger partial charge in [-0.1, -0.05) is 24.3 Å². The lowest BCUT2D eigenvalue weighted by Gasteiger charge is -2.37. The number of amides is 2. The Hall–Kier alpha value is -2.73. The molecular formula is C20H22N4O2. The van der Waals surface area contributed by atoms with Crippen molar-refractivity contribution in [2.24, 2.45) is 0 Å². The third-order valence-electron chi connectivity index (χ3n) is 5.11. The number of aromatic nitrogens is 1. The number of hydrogen-bond acceptors (Lipinski definition) is 4. The van der Waals surface area contributed by atoms with Gasteiger partial charge in [0, 0.05) is 57.2 Å². The summed E-state index contributed by atoms with van der Waals surface area (Å²) < 4.78 is 0. The Morgan fingerprint density at radius 1 is 1.12 bits per heavy atom. The molecule has 1 N–H and O–H groups in total. The Morgan fingerprint density at radius 2 is 1.92 bits per heavy atom. The summed E-state index contributed by atoms with van der Waals surface area (Å²) in [5.74, 6) is -0.393. The number of carbonyl (C=O) groups excluding carboxylic acids is 2. The second-order valence-electron chi connectivity index (χ2n) is 6.85. The first-order chi connectivity index (χ1) is 12.7. The molecule has 6 heteroatoms. The molecule has 26 heavy (non-hydrogen) atoms. The highest BCUT2D eigenvalue weighted by Gasteiger charge is 2.34.